The molecule has 1 aromatic heterocycles. The second-order valence-corrected chi connectivity index (χ2v) is 7.63. The minimum atomic E-state index is 0.754. The lowest BCUT2D eigenvalue weighted by molar-refractivity contribution is 1.21. The molecular weight excluding hydrogens is 364 g/mol. The number of hydrogen-bond donors (Lipinski definition) is 0. The van der Waals surface area contributed by atoms with Crippen molar-refractivity contribution in [3.63, 3.8) is 0 Å². The molecule has 0 radical (unpaired) electrons. The molecule has 0 atom stereocenters. The lowest BCUT2D eigenvalue weighted by Gasteiger charge is -2.14. The van der Waals surface area contributed by atoms with Crippen LogP contribution in [0.15, 0.2) is 97.1 Å². The Morgan fingerprint density at radius 1 is 0.533 bits per heavy atom. The molecule has 2 heteroatoms. The third kappa shape index (κ3) is 3.27. The van der Waals surface area contributed by atoms with Gasteiger partial charge in [0.05, 0.1) is 11.2 Å². The van der Waals surface area contributed by atoms with Gasteiger partial charge in [-0.05, 0) is 48.2 Å². The number of aromatic nitrogens is 2. The maximum atomic E-state index is 5.09. The summed E-state index contributed by atoms with van der Waals surface area (Å²) in [5.41, 5.74) is 8.98. The normalized spacial score (nSPS) is 11.0. The van der Waals surface area contributed by atoms with Crippen LogP contribution in [0.25, 0.3) is 44.7 Å². The van der Waals surface area contributed by atoms with E-state index in [4.69, 9.17) is 9.97 Å². The summed E-state index contributed by atoms with van der Waals surface area (Å²) in [4.78, 5) is 10.0. The Morgan fingerprint density at radius 3 is 1.97 bits per heavy atom. The molecule has 5 rings (SSSR count). The van der Waals surface area contributed by atoms with Crippen LogP contribution in [0.5, 0.6) is 0 Å². The highest BCUT2D eigenvalue weighted by molar-refractivity contribution is 5.95. The van der Waals surface area contributed by atoms with E-state index in [1.54, 1.807) is 0 Å². The van der Waals surface area contributed by atoms with Gasteiger partial charge in [-0.3, -0.25) is 0 Å². The van der Waals surface area contributed by atoms with E-state index in [1.807, 2.05) is 12.1 Å². The standard InChI is InChI=1S/C28H22N2/c1-19-10-8-11-20(2)26(19)27-24-16-6-7-17-25(24)29-28(30-27)23-15-9-14-22(18-23)21-12-4-3-5-13-21/h3-18H,1-2H3. The van der Waals surface area contributed by atoms with Gasteiger partial charge in [-0.1, -0.05) is 84.9 Å². The van der Waals surface area contributed by atoms with E-state index >= 15 is 0 Å². The zero-order chi connectivity index (χ0) is 20.5. The molecule has 0 aliphatic carbocycles. The second-order valence-electron chi connectivity index (χ2n) is 7.63. The molecular formula is C28H22N2. The van der Waals surface area contributed by atoms with Crippen molar-refractivity contribution >= 4 is 10.9 Å². The minimum absolute atomic E-state index is 0.754. The van der Waals surface area contributed by atoms with E-state index in [0.29, 0.717) is 0 Å². The van der Waals surface area contributed by atoms with Gasteiger partial charge in [-0.25, -0.2) is 9.97 Å². The highest BCUT2D eigenvalue weighted by Gasteiger charge is 2.15. The predicted octanol–water partition coefficient (Wildman–Crippen LogP) is 7.25. The SMILES string of the molecule is Cc1cccc(C)c1-c1nc(-c2cccc(-c3ccccc3)c2)nc2ccccc12. The Labute approximate surface area is 176 Å². The summed E-state index contributed by atoms with van der Waals surface area (Å²) in [6.07, 6.45) is 0. The Balaban J connectivity index is 1.74. The number of rotatable bonds is 3. The van der Waals surface area contributed by atoms with Crippen molar-refractivity contribution in [2.75, 3.05) is 0 Å². The van der Waals surface area contributed by atoms with Gasteiger partial charge in [-0.2, -0.15) is 0 Å². The molecule has 0 saturated carbocycles. The van der Waals surface area contributed by atoms with Gasteiger partial charge >= 0.3 is 0 Å². The molecule has 1 heterocycles. The van der Waals surface area contributed by atoms with Crippen molar-refractivity contribution in [1.29, 1.82) is 0 Å². The first-order valence-electron chi connectivity index (χ1n) is 10.2. The van der Waals surface area contributed by atoms with Crippen LogP contribution in [-0.2, 0) is 0 Å². The largest absolute Gasteiger partial charge is 0.228 e. The second kappa shape index (κ2) is 7.57. The Bertz CT molecular complexity index is 1330. The molecule has 2 nitrogen and oxygen atoms in total. The van der Waals surface area contributed by atoms with Crippen LogP contribution in [0.4, 0.5) is 0 Å². The predicted molar refractivity (Wildman–Crippen MR) is 125 cm³/mol. The number of para-hydroxylation sites is 1. The van der Waals surface area contributed by atoms with E-state index in [2.05, 4.69) is 98.8 Å². The number of benzene rings is 4. The average molecular weight is 386 g/mol. The van der Waals surface area contributed by atoms with Crippen LogP contribution >= 0.6 is 0 Å². The Hall–Kier alpha value is -3.78. The third-order valence-electron chi connectivity index (χ3n) is 5.55. The average Bonchev–Trinajstić information content (AvgIpc) is 2.79. The molecule has 30 heavy (non-hydrogen) atoms. The molecule has 0 spiro atoms. The van der Waals surface area contributed by atoms with Crippen molar-refractivity contribution in [3.05, 3.63) is 108 Å². The van der Waals surface area contributed by atoms with Gasteiger partial charge in [0.15, 0.2) is 5.82 Å². The van der Waals surface area contributed by atoms with Crippen LogP contribution < -0.4 is 0 Å². The molecule has 0 N–H and O–H groups in total. The van der Waals surface area contributed by atoms with E-state index in [0.717, 1.165) is 28.0 Å². The number of hydrogen-bond acceptors (Lipinski definition) is 2. The summed E-state index contributed by atoms with van der Waals surface area (Å²) < 4.78 is 0. The molecule has 0 saturated heterocycles. The molecule has 0 aliphatic rings. The summed E-state index contributed by atoms with van der Waals surface area (Å²) in [7, 11) is 0. The fourth-order valence-corrected chi connectivity index (χ4v) is 4.05. The van der Waals surface area contributed by atoms with Crippen molar-refractivity contribution in [2.24, 2.45) is 0 Å². The first-order chi connectivity index (χ1) is 14.7. The maximum absolute atomic E-state index is 5.09. The summed E-state index contributed by atoms with van der Waals surface area (Å²) in [5, 5.41) is 1.08. The maximum Gasteiger partial charge on any atom is 0.160 e. The van der Waals surface area contributed by atoms with E-state index in [-0.39, 0.29) is 0 Å². The van der Waals surface area contributed by atoms with Crippen molar-refractivity contribution in [2.45, 2.75) is 13.8 Å². The van der Waals surface area contributed by atoms with Crippen molar-refractivity contribution < 1.29 is 0 Å². The van der Waals surface area contributed by atoms with Gasteiger partial charge in [0.1, 0.15) is 0 Å². The zero-order valence-electron chi connectivity index (χ0n) is 17.1. The topological polar surface area (TPSA) is 25.8 Å². The highest BCUT2D eigenvalue weighted by atomic mass is 14.9. The van der Waals surface area contributed by atoms with Crippen molar-refractivity contribution in [3.8, 4) is 33.8 Å². The van der Waals surface area contributed by atoms with Crippen molar-refractivity contribution in [1.82, 2.24) is 9.97 Å². The fourth-order valence-electron chi connectivity index (χ4n) is 4.05. The number of aryl methyl sites for hydroxylation is 2. The Morgan fingerprint density at radius 2 is 1.17 bits per heavy atom. The molecule has 5 aromatic rings. The first-order valence-corrected chi connectivity index (χ1v) is 10.2. The summed E-state index contributed by atoms with van der Waals surface area (Å²) in [6.45, 7) is 4.30. The lowest BCUT2D eigenvalue weighted by atomic mass is 9.96. The molecule has 4 aromatic carbocycles. The Kier molecular flexibility index (Phi) is 4.61. The molecule has 144 valence electrons. The van der Waals surface area contributed by atoms with Gasteiger partial charge < -0.3 is 0 Å². The molecule has 0 fully saturated rings. The van der Waals surface area contributed by atoms with Gasteiger partial charge in [0.2, 0.25) is 0 Å². The molecule has 0 bridgehead atoms. The van der Waals surface area contributed by atoms with Crippen LogP contribution in [0.1, 0.15) is 11.1 Å². The third-order valence-corrected chi connectivity index (χ3v) is 5.55. The van der Waals surface area contributed by atoms with Gasteiger partial charge in [-0.15, -0.1) is 0 Å². The van der Waals surface area contributed by atoms with E-state index in [9.17, 15) is 0 Å². The van der Waals surface area contributed by atoms with Crippen LogP contribution in [0, 0.1) is 13.8 Å². The molecule has 0 aliphatic heterocycles. The fraction of sp³-hybridized carbons (Fsp3) is 0.0714. The monoisotopic (exact) mass is 386 g/mol. The lowest BCUT2D eigenvalue weighted by Crippen LogP contribution is -1.98. The van der Waals surface area contributed by atoms with E-state index in [1.165, 1.54) is 27.8 Å². The summed E-state index contributed by atoms with van der Waals surface area (Å²) in [5.74, 6) is 0.754. The van der Waals surface area contributed by atoms with E-state index < -0.39 is 0 Å². The highest BCUT2D eigenvalue weighted by Crippen LogP contribution is 2.33. The van der Waals surface area contributed by atoms with Gasteiger partial charge in [0, 0.05) is 16.5 Å². The van der Waals surface area contributed by atoms with Crippen LogP contribution in [-0.4, -0.2) is 9.97 Å². The smallest absolute Gasteiger partial charge is 0.160 e. The zero-order valence-corrected chi connectivity index (χ0v) is 17.1. The summed E-state index contributed by atoms with van der Waals surface area (Å²) >= 11 is 0. The summed E-state index contributed by atoms with van der Waals surface area (Å²) in [6, 6.07) is 33.6. The van der Waals surface area contributed by atoms with Crippen LogP contribution in [0.3, 0.4) is 0 Å². The number of fused-ring (bicyclic) bond motifs is 1. The molecule has 0 unspecified atom stereocenters. The first kappa shape index (κ1) is 18.3. The van der Waals surface area contributed by atoms with Gasteiger partial charge in [0.25, 0.3) is 0 Å². The van der Waals surface area contributed by atoms with Crippen LogP contribution in [0.2, 0.25) is 0 Å². The quantitative estimate of drug-likeness (QED) is 0.326. The number of nitrogens with zero attached hydrogens (tertiary/aromatic N) is 2. The minimum Gasteiger partial charge on any atom is -0.228 e. The molecule has 0 amide bonds.